The molecule has 0 saturated carbocycles. The second-order valence-corrected chi connectivity index (χ2v) is 2.96. The van der Waals surface area contributed by atoms with Crippen LogP contribution in [-0.2, 0) is 0 Å². The molecule has 0 bridgehead atoms. The normalized spacial score (nSPS) is 10.4. The molecule has 0 atom stereocenters. The minimum absolute atomic E-state index is 0.0910. The Morgan fingerprint density at radius 3 is 2.73 bits per heavy atom. The maximum Gasteiger partial charge on any atom is 0.283 e. The van der Waals surface area contributed by atoms with Gasteiger partial charge in [-0.25, -0.2) is 0 Å². The van der Waals surface area contributed by atoms with Gasteiger partial charge in [-0.2, -0.15) is 4.73 Å². The molecular weight excluding hydrogens is 200 g/mol. The van der Waals surface area contributed by atoms with Crippen LogP contribution in [0.2, 0.25) is 0 Å². The summed E-state index contributed by atoms with van der Waals surface area (Å²) < 4.78 is 0.400. The zero-order valence-corrected chi connectivity index (χ0v) is 7.45. The lowest BCUT2D eigenvalue weighted by atomic mass is 10.1. The van der Waals surface area contributed by atoms with E-state index in [0.29, 0.717) is 4.73 Å². The van der Waals surface area contributed by atoms with E-state index in [1.165, 1.54) is 18.3 Å². The van der Waals surface area contributed by atoms with Gasteiger partial charge in [0.2, 0.25) is 0 Å². The van der Waals surface area contributed by atoms with Gasteiger partial charge in [0.1, 0.15) is 5.39 Å². The maximum absolute atomic E-state index is 11.3. The Kier molecular flexibility index (Phi) is 1.89. The van der Waals surface area contributed by atoms with Gasteiger partial charge in [-0.3, -0.25) is 10.1 Å². The van der Waals surface area contributed by atoms with Gasteiger partial charge in [0, 0.05) is 12.1 Å². The van der Waals surface area contributed by atoms with Crippen molar-refractivity contribution in [2.24, 2.45) is 0 Å². The fraction of sp³-hybridized carbons (Fsp3) is 0. The molecule has 0 aliphatic rings. The second kappa shape index (κ2) is 3.09. The summed E-state index contributed by atoms with van der Waals surface area (Å²) in [5.74, 6) is -0.272. The van der Waals surface area contributed by atoms with Crippen LogP contribution in [0, 0.1) is 15.3 Å². The first kappa shape index (κ1) is 9.20. The highest BCUT2D eigenvalue weighted by Gasteiger charge is 2.19. The van der Waals surface area contributed by atoms with E-state index < -0.39 is 4.92 Å². The molecule has 0 radical (unpaired) electrons. The third-order valence-electron chi connectivity index (χ3n) is 2.07. The number of rotatable bonds is 1. The summed E-state index contributed by atoms with van der Waals surface area (Å²) in [5, 5.41) is 31.5. The van der Waals surface area contributed by atoms with E-state index in [1.807, 2.05) is 0 Å². The smallest absolute Gasteiger partial charge is 0.283 e. The lowest BCUT2D eigenvalue weighted by Gasteiger charge is -2.02. The predicted octanol–water partition coefficient (Wildman–Crippen LogP) is 1.09. The first-order chi connectivity index (χ1) is 7.11. The van der Waals surface area contributed by atoms with Gasteiger partial charge in [0.15, 0.2) is 11.9 Å². The summed E-state index contributed by atoms with van der Waals surface area (Å²) in [7, 11) is 0. The molecule has 6 nitrogen and oxygen atoms in total. The van der Waals surface area contributed by atoms with Crippen molar-refractivity contribution < 1.29 is 14.8 Å². The molecule has 1 aromatic heterocycles. The van der Waals surface area contributed by atoms with Gasteiger partial charge in [-0.15, -0.1) is 0 Å². The van der Waals surface area contributed by atoms with Gasteiger partial charge in [0.05, 0.1) is 4.92 Å². The average molecular weight is 206 g/mol. The fourth-order valence-electron chi connectivity index (χ4n) is 1.43. The van der Waals surface area contributed by atoms with Crippen LogP contribution < -0.4 is 4.73 Å². The largest absolute Gasteiger partial charge is 0.618 e. The number of aromatic hydroxyl groups is 1. The number of benzene rings is 1. The Morgan fingerprint density at radius 2 is 2.07 bits per heavy atom. The zero-order chi connectivity index (χ0) is 11.0. The minimum atomic E-state index is -0.595. The molecule has 0 unspecified atom stereocenters. The molecule has 1 N–H and O–H groups in total. The molecule has 0 amide bonds. The first-order valence-electron chi connectivity index (χ1n) is 4.09. The summed E-state index contributed by atoms with van der Waals surface area (Å²) in [6.45, 7) is 0. The standard InChI is InChI=1S/C9H6N2O4/c12-8-4-3-7(11(14)15)6-2-1-5-10(13)9(6)8/h1-5,12H. The Hall–Kier alpha value is -2.37. The summed E-state index contributed by atoms with van der Waals surface area (Å²) in [5.41, 5.74) is -0.292. The van der Waals surface area contributed by atoms with Crippen molar-refractivity contribution in [2.75, 3.05) is 0 Å². The monoisotopic (exact) mass is 206 g/mol. The number of aromatic nitrogens is 1. The number of phenols is 1. The number of nitrogens with zero attached hydrogens (tertiary/aromatic N) is 2. The van der Waals surface area contributed by atoms with Gasteiger partial charge >= 0.3 is 0 Å². The third kappa shape index (κ3) is 1.32. The molecule has 2 aromatic rings. The Balaban J connectivity index is 2.95. The van der Waals surface area contributed by atoms with Crippen LogP contribution in [0.3, 0.4) is 0 Å². The summed E-state index contributed by atoms with van der Waals surface area (Å²) in [6.07, 6.45) is 1.17. The average Bonchev–Trinajstić information content (AvgIpc) is 2.17. The van der Waals surface area contributed by atoms with Gasteiger partial charge in [-0.1, -0.05) is 0 Å². The fourth-order valence-corrected chi connectivity index (χ4v) is 1.43. The summed E-state index contributed by atoms with van der Waals surface area (Å²) in [4.78, 5) is 10.1. The van der Waals surface area contributed by atoms with Crippen molar-refractivity contribution in [2.45, 2.75) is 0 Å². The number of pyridine rings is 1. The van der Waals surface area contributed by atoms with Crippen LogP contribution >= 0.6 is 0 Å². The minimum Gasteiger partial charge on any atom is -0.618 e. The Labute approximate surface area is 83.7 Å². The molecule has 0 saturated heterocycles. The van der Waals surface area contributed by atoms with Crippen LogP contribution in [0.1, 0.15) is 0 Å². The number of fused-ring (bicyclic) bond motifs is 1. The predicted molar refractivity (Wildman–Crippen MR) is 51.2 cm³/mol. The number of hydrogen-bond donors (Lipinski definition) is 1. The van der Waals surface area contributed by atoms with Crippen LogP contribution in [0.4, 0.5) is 5.69 Å². The number of nitro groups is 1. The molecule has 0 fully saturated rings. The Bertz CT molecular complexity index is 545. The van der Waals surface area contributed by atoms with Crippen molar-refractivity contribution in [1.82, 2.24) is 0 Å². The van der Waals surface area contributed by atoms with Gasteiger partial charge in [0.25, 0.3) is 11.2 Å². The molecule has 1 heterocycles. The number of hydrogen-bond acceptors (Lipinski definition) is 4. The highest BCUT2D eigenvalue weighted by molar-refractivity contribution is 5.89. The van der Waals surface area contributed by atoms with E-state index in [4.69, 9.17) is 0 Å². The third-order valence-corrected chi connectivity index (χ3v) is 2.07. The van der Waals surface area contributed by atoms with Crippen LogP contribution in [0.25, 0.3) is 10.9 Å². The number of phenolic OH excluding ortho intramolecular Hbond substituents is 1. The lowest BCUT2D eigenvalue weighted by Crippen LogP contribution is -2.25. The topological polar surface area (TPSA) is 90.3 Å². The molecule has 0 spiro atoms. The molecule has 0 aliphatic carbocycles. The lowest BCUT2D eigenvalue weighted by molar-refractivity contribution is -0.577. The summed E-state index contributed by atoms with van der Waals surface area (Å²) >= 11 is 0. The SMILES string of the molecule is O=[N+]([O-])c1ccc(O)c2c1ccc[n+]2[O-]. The van der Waals surface area contributed by atoms with Crippen LogP contribution in [0.5, 0.6) is 5.75 Å². The van der Waals surface area contributed by atoms with E-state index in [1.54, 1.807) is 0 Å². The number of nitro benzene ring substituents is 1. The van der Waals surface area contributed by atoms with E-state index in [9.17, 15) is 20.4 Å². The van der Waals surface area contributed by atoms with Gasteiger partial charge < -0.3 is 10.3 Å². The maximum atomic E-state index is 11.3. The molecule has 0 aliphatic heterocycles. The van der Waals surface area contributed by atoms with E-state index in [-0.39, 0.29) is 22.3 Å². The quantitative estimate of drug-likeness (QED) is 0.327. The molecule has 15 heavy (non-hydrogen) atoms. The van der Waals surface area contributed by atoms with E-state index in [2.05, 4.69) is 0 Å². The molecular formula is C9H6N2O4. The summed E-state index contributed by atoms with van der Waals surface area (Å²) in [6, 6.07) is 5.11. The zero-order valence-electron chi connectivity index (χ0n) is 7.45. The first-order valence-corrected chi connectivity index (χ1v) is 4.09. The van der Waals surface area contributed by atoms with E-state index in [0.717, 1.165) is 12.1 Å². The van der Waals surface area contributed by atoms with Crippen molar-refractivity contribution >= 4 is 16.6 Å². The van der Waals surface area contributed by atoms with Crippen molar-refractivity contribution in [1.29, 1.82) is 0 Å². The molecule has 76 valence electrons. The Morgan fingerprint density at radius 1 is 1.33 bits per heavy atom. The van der Waals surface area contributed by atoms with Crippen LogP contribution in [0.15, 0.2) is 30.5 Å². The molecule has 2 rings (SSSR count). The van der Waals surface area contributed by atoms with Crippen molar-refractivity contribution in [3.05, 3.63) is 45.8 Å². The number of non-ortho nitro benzene ring substituents is 1. The molecule has 6 heteroatoms. The van der Waals surface area contributed by atoms with E-state index >= 15 is 0 Å². The van der Waals surface area contributed by atoms with Crippen molar-refractivity contribution in [3.63, 3.8) is 0 Å². The van der Waals surface area contributed by atoms with Crippen molar-refractivity contribution in [3.8, 4) is 5.75 Å². The second-order valence-electron chi connectivity index (χ2n) is 2.96. The highest BCUT2D eigenvalue weighted by Crippen LogP contribution is 2.29. The highest BCUT2D eigenvalue weighted by atomic mass is 16.6. The van der Waals surface area contributed by atoms with Crippen LogP contribution in [-0.4, -0.2) is 10.0 Å². The van der Waals surface area contributed by atoms with Gasteiger partial charge in [-0.05, 0) is 12.1 Å². The molecule has 1 aromatic carbocycles.